The van der Waals surface area contributed by atoms with Gasteiger partial charge in [0.1, 0.15) is 0 Å². The molecule has 5 heteroatoms. The van der Waals surface area contributed by atoms with Crippen molar-refractivity contribution in [2.75, 3.05) is 14.2 Å². The van der Waals surface area contributed by atoms with Crippen LogP contribution in [0.15, 0.2) is 36.4 Å². The average Bonchev–Trinajstić information content (AvgIpc) is 2.93. The Labute approximate surface area is 139 Å². The summed E-state index contributed by atoms with van der Waals surface area (Å²) in [6.45, 7) is 2.00. The molecule has 124 valence electrons. The third kappa shape index (κ3) is 2.58. The van der Waals surface area contributed by atoms with E-state index in [2.05, 4.69) is 4.98 Å². The maximum Gasteiger partial charge on any atom is 0.307 e. The lowest BCUT2D eigenvalue weighted by atomic mass is 10.0. The minimum atomic E-state index is -0.875. The molecule has 0 aliphatic carbocycles. The molecule has 0 aliphatic rings. The molecule has 0 atom stereocenters. The number of para-hydroxylation sites is 2. The van der Waals surface area contributed by atoms with Crippen LogP contribution >= 0.6 is 0 Å². The summed E-state index contributed by atoms with van der Waals surface area (Å²) in [4.78, 5) is 14.8. The van der Waals surface area contributed by atoms with Crippen molar-refractivity contribution < 1.29 is 19.4 Å². The predicted molar refractivity (Wildman–Crippen MR) is 92.9 cm³/mol. The van der Waals surface area contributed by atoms with Gasteiger partial charge in [0.2, 0.25) is 0 Å². The molecule has 0 amide bonds. The van der Waals surface area contributed by atoms with Crippen LogP contribution in [-0.4, -0.2) is 30.3 Å². The first-order chi connectivity index (χ1) is 11.6. The zero-order valence-corrected chi connectivity index (χ0v) is 13.8. The van der Waals surface area contributed by atoms with E-state index in [0.29, 0.717) is 11.5 Å². The van der Waals surface area contributed by atoms with Gasteiger partial charge in [-0.15, -0.1) is 0 Å². The number of aromatic amines is 1. The lowest BCUT2D eigenvalue weighted by molar-refractivity contribution is -0.136. The van der Waals surface area contributed by atoms with Gasteiger partial charge in [-0.3, -0.25) is 4.79 Å². The summed E-state index contributed by atoms with van der Waals surface area (Å²) >= 11 is 0. The van der Waals surface area contributed by atoms with Crippen molar-refractivity contribution in [3.63, 3.8) is 0 Å². The van der Waals surface area contributed by atoms with Gasteiger partial charge in [0.25, 0.3) is 0 Å². The highest BCUT2D eigenvalue weighted by molar-refractivity contribution is 5.96. The largest absolute Gasteiger partial charge is 0.493 e. The first-order valence-electron chi connectivity index (χ1n) is 7.60. The van der Waals surface area contributed by atoms with Crippen LogP contribution in [0.5, 0.6) is 11.5 Å². The third-order valence-electron chi connectivity index (χ3n) is 4.15. The summed E-state index contributed by atoms with van der Waals surface area (Å²) in [7, 11) is 3.15. The zero-order valence-electron chi connectivity index (χ0n) is 13.8. The second-order valence-corrected chi connectivity index (χ2v) is 5.59. The Morgan fingerprint density at radius 1 is 1.12 bits per heavy atom. The van der Waals surface area contributed by atoms with E-state index in [1.807, 2.05) is 43.3 Å². The highest BCUT2D eigenvalue weighted by atomic mass is 16.5. The number of fused-ring (bicyclic) bond motifs is 1. The van der Waals surface area contributed by atoms with Gasteiger partial charge >= 0.3 is 5.97 Å². The highest BCUT2D eigenvalue weighted by Gasteiger charge is 2.20. The van der Waals surface area contributed by atoms with Gasteiger partial charge in [-0.25, -0.2) is 0 Å². The monoisotopic (exact) mass is 325 g/mol. The Morgan fingerprint density at radius 3 is 2.54 bits per heavy atom. The van der Waals surface area contributed by atoms with Crippen molar-refractivity contribution in [3.05, 3.63) is 47.5 Å². The molecule has 0 aliphatic heterocycles. The van der Waals surface area contributed by atoms with Gasteiger partial charge in [-0.2, -0.15) is 0 Å². The van der Waals surface area contributed by atoms with Crippen LogP contribution in [0.1, 0.15) is 11.1 Å². The standard InChI is InChI=1S/C19H19NO4/c1-11-6-4-7-12-14(10-16(21)22)18(20-17(11)12)13-8-5-9-15(23-2)19(13)24-3/h4-9,20H,10H2,1-3H3,(H,21,22). The van der Waals surface area contributed by atoms with E-state index >= 15 is 0 Å². The lowest BCUT2D eigenvalue weighted by Crippen LogP contribution is -2.02. The number of hydrogen-bond acceptors (Lipinski definition) is 3. The fourth-order valence-corrected chi connectivity index (χ4v) is 3.07. The molecule has 0 spiro atoms. The Morgan fingerprint density at radius 2 is 1.88 bits per heavy atom. The molecule has 0 saturated carbocycles. The number of benzene rings is 2. The van der Waals surface area contributed by atoms with Crippen molar-refractivity contribution in [1.82, 2.24) is 4.98 Å². The molecule has 3 aromatic rings. The van der Waals surface area contributed by atoms with E-state index in [4.69, 9.17) is 9.47 Å². The van der Waals surface area contributed by atoms with Crippen LogP contribution in [0.3, 0.4) is 0 Å². The molecular formula is C19H19NO4. The summed E-state index contributed by atoms with van der Waals surface area (Å²) < 4.78 is 10.9. The molecule has 0 saturated heterocycles. The molecule has 0 unspecified atom stereocenters. The number of hydrogen-bond donors (Lipinski definition) is 2. The fourth-order valence-electron chi connectivity index (χ4n) is 3.07. The minimum absolute atomic E-state index is 0.0703. The van der Waals surface area contributed by atoms with Gasteiger partial charge in [-0.05, 0) is 30.2 Å². The molecule has 0 radical (unpaired) electrons. The summed E-state index contributed by atoms with van der Waals surface area (Å²) in [6.07, 6.45) is -0.0703. The smallest absolute Gasteiger partial charge is 0.307 e. The van der Waals surface area contributed by atoms with E-state index in [-0.39, 0.29) is 6.42 Å². The quantitative estimate of drug-likeness (QED) is 0.749. The summed E-state index contributed by atoms with van der Waals surface area (Å²) in [5, 5.41) is 10.3. The number of methoxy groups -OCH3 is 2. The van der Waals surface area contributed by atoms with Crippen LogP contribution < -0.4 is 9.47 Å². The second kappa shape index (κ2) is 6.28. The zero-order chi connectivity index (χ0) is 17.3. The predicted octanol–water partition coefficient (Wildman–Crippen LogP) is 3.79. The van der Waals surface area contributed by atoms with Crippen LogP contribution in [0.25, 0.3) is 22.2 Å². The molecule has 5 nitrogen and oxygen atoms in total. The Balaban J connectivity index is 2.34. The number of aryl methyl sites for hydroxylation is 1. The number of aliphatic carboxylic acids is 1. The molecule has 0 fully saturated rings. The number of aromatic nitrogens is 1. The summed E-state index contributed by atoms with van der Waals surface area (Å²) in [6, 6.07) is 11.4. The molecule has 1 aromatic heterocycles. The van der Waals surface area contributed by atoms with E-state index in [1.54, 1.807) is 14.2 Å². The number of carboxylic acids is 1. The van der Waals surface area contributed by atoms with Crippen LogP contribution in [-0.2, 0) is 11.2 Å². The third-order valence-corrected chi connectivity index (χ3v) is 4.15. The number of H-pyrrole nitrogens is 1. The number of carbonyl (C=O) groups is 1. The molecule has 0 bridgehead atoms. The number of nitrogens with one attached hydrogen (secondary N) is 1. The van der Waals surface area contributed by atoms with Crippen molar-refractivity contribution >= 4 is 16.9 Å². The molecule has 1 heterocycles. The van der Waals surface area contributed by atoms with Gasteiger partial charge in [-0.1, -0.05) is 24.3 Å². The highest BCUT2D eigenvalue weighted by Crippen LogP contribution is 2.41. The Bertz CT molecular complexity index is 911. The van der Waals surface area contributed by atoms with Gasteiger partial charge < -0.3 is 19.6 Å². The van der Waals surface area contributed by atoms with E-state index in [1.165, 1.54) is 0 Å². The van der Waals surface area contributed by atoms with Crippen LogP contribution in [0, 0.1) is 6.92 Å². The van der Waals surface area contributed by atoms with Gasteiger partial charge in [0.15, 0.2) is 11.5 Å². The molecule has 24 heavy (non-hydrogen) atoms. The molecule has 3 rings (SSSR count). The lowest BCUT2D eigenvalue weighted by Gasteiger charge is -2.12. The Hall–Kier alpha value is -2.95. The SMILES string of the molecule is COc1cccc(-c2[nH]c3c(C)cccc3c2CC(=O)O)c1OC. The van der Waals surface area contributed by atoms with E-state index in [0.717, 1.165) is 33.3 Å². The summed E-state index contributed by atoms with van der Waals surface area (Å²) in [5.74, 6) is 0.308. The number of rotatable bonds is 5. The summed E-state index contributed by atoms with van der Waals surface area (Å²) in [5.41, 5.74) is 4.27. The average molecular weight is 325 g/mol. The van der Waals surface area contributed by atoms with Crippen molar-refractivity contribution in [2.24, 2.45) is 0 Å². The number of ether oxygens (including phenoxy) is 2. The molecular weight excluding hydrogens is 306 g/mol. The normalized spacial score (nSPS) is 10.8. The van der Waals surface area contributed by atoms with Crippen molar-refractivity contribution in [3.8, 4) is 22.8 Å². The number of carboxylic acid groups (broad SMARTS) is 1. The first-order valence-corrected chi connectivity index (χ1v) is 7.60. The molecule has 2 aromatic carbocycles. The maximum atomic E-state index is 11.4. The molecule has 2 N–H and O–H groups in total. The van der Waals surface area contributed by atoms with Gasteiger partial charge in [0.05, 0.1) is 26.3 Å². The van der Waals surface area contributed by atoms with E-state index < -0.39 is 5.97 Å². The van der Waals surface area contributed by atoms with Crippen molar-refractivity contribution in [2.45, 2.75) is 13.3 Å². The van der Waals surface area contributed by atoms with Gasteiger partial charge in [0, 0.05) is 16.5 Å². The topological polar surface area (TPSA) is 71.6 Å². The van der Waals surface area contributed by atoms with Crippen molar-refractivity contribution in [1.29, 1.82) is 0 Å². The second-order valence-electron chi connectivity index (χ2n) is 5.59. The van der Waals surface area contributed by atoms with E-state index in [9.17, 15) is 9.90 Å². The minimum Gasteiger partial charge on any atom is -0.493 e. The maximum absolute atomic E-state index is 11.4. The fraction of sp³-hybridized carbons (Fsp3) is 0.211. The first kappa shape index (κ1) is 15.9. The van der Waals surface area contributed by atoms with Crippen LogP contribution in [0.2, 0.25) is 0 Å². The Kier molecular flexibility index (Phi) is 4.16. The van der Waals surface area contributed by atoms with Crippen LogP contribution in [0.4, 0.5) is 0 Å².